The Hall–Kier alpha value is -0.820. The quantitative estimate of drug-likeness (QED) is 0.784. The second-order valence-electron chi connectivity index (χ2n) is 4.67. The van der Waals surface area contributed by atoms with Gasteiger partial charge < -0.3 is 5.11 Å². The molecule has 1 atom stereocenters. The van der Waals surface area contributed by atoms with E-state index in [0.717, 1.165) is 19.3 Å². The molecule has 15 heavy (non-hydrogen) atoms. The van der Waals surface area contributed by atoms with Crippen LogP contribution in [0.3, 0.4) is 0 Å². The van der Waals surface area contributed by atoms with Crippen LogP contribution in [0.5, 0.6) is 0 Å². The summed E-state index contributed by atoms with van der Waals surface area (Å²) in [5.41, 5.74) is 2.74. The molecule has 0 aromatic heterocycles. The summed E-state index contributed by atoms with van der Waals surface area (Å²) in [5, 5.41) is 9.35. The number of hydrogen-bond acceptors (Lipinski definition) is 1. The summed E-state index contributed by atoms with van der Waals surface area (Å²) < 4.78 is 0. The number of rotatable bonds is 5. The van der Waals surface area contributed by atoms with Gasteiger partial charge in [0, 0.05) is 6.61 Å². The van der Waals surface area contributed by atoms with E-state index in [1.54, 1.807) is 0 Å². The van der Waals surface area contributed by atoms with Crippen molar-refractivity contribution in [1.29, 1.82) is 0 Å². The zero-order valence-corrected chi connectivity index (χ0v) is 10.1. The normalized spacial score (nSPS) is 14.9. The average Bonchev–Trinajstić information content (AvgIpc) is 2.30. The predicted octanol–water partition coefficient (Wildman–Crippen LogP) is 3.20. The Labute approximate surface area is 93.1 Å². The highest BCUT2D eigenvalue weighted by molar-refractivity contribution is 5.23. The van der Waals surface area contributed by atoms with Gasteiger partial charge in [0.1, 0.15) is 0 Å². The first kappa shape index (κ1) is 12.3. The summed E-state index contributed by atoms with van der Waals surface area (Å²) in [4.78, 5) is 0. The van der Waals surface area contributed by atoms with Gasteiger partial charge in [-0.2, -0.15) is 0 Å². The van der Waals surface area contributed by atoms with Crippen molar-refractivity contribution in [2.75, 3.05) is 6.61 Å². The van der Waals surface area contributed by atoms with Gasteiger partial charge in [-0.25, -0.2) is 0 Å². The fourth-order valence-electron chi connectivity index (χ4n) is 1.68. The van der Waals surface area contributed by atoms with Crippen LogP contribution in [0.2, 0.25) is 0 Å². The molecule has 0 saturated heterocycles. The van der Waals surface area contributed by atoms with Crippen LogP contribution in [-0.2, 0) is 12.8 Å². The minimum Gasteiger partial charge on any atom is -0.396 e. The van der Waals surface area contributed by atoms with Crippen LogP contribution in [0.25, 0.3) is 0 Å². The molecule has 1 nitrogen and oxygen atoms in total. The Morgan fingerprint density at radius 1 is 1.07 bits per heavy atom. The Morgan fingerprint density at radius 3 is 2.00 bits per heavy atom. The molecule has 1 unspecified atom stereocenters. The molecule has 0 bridgehead atoms. The van der Waals surface area contributed by atoms with E-state index in [2.05, 4.69) is 45.0 Å². The van der Waals surface area contributed by atoms with Crippen molar-refractivity contribution in [2.24, 2.45) is 5.41 Å². The van der Waals surface area contributed by atoms with Crippen molar-refractivity contribution in [3.05, 3.63) is 35.4 Å². The maximum absolute atomic E-state index is 9.35. The van der Waals surface area contributed by atoms with Crippen molar-refractivity contribution >= 4 is 0 Å². The summed E-state index contributed by atoms with van der Waals surface area (Å²) in [7, 11) is 0. The molecule has 0 heterocycles. The highest BCUT2D eigenvalue weighted by Gasteiger charge is 2.21. The van der Waals surface area contributed by atoms with E-state index >= 15 is 0 Å². The molecule has 84 valence electrons. The Morgan fingerprint density at radius 2 is 1.60 bits per heavy atom. The second-order valence-corrected chi connectivity index (χ2v) is 4.67. The maximum atomic E-state index is 9.35. The van der Waals surface area contributed by atoms with E-state index < -0.39 is 0 Å². The Balaban J connectivity index is 2.71. The van der Waals surface area contributed by atoms with E-state index in [-0.39, 0.29) is 12.0 Å². The monoisotopic (exact) mass is 206 g/mol. The molecule has 0 aliphatic carbocycles. The lowest BCUT2D eigenvalue weighted by Crippen LogP contribution is -2.23. The molecule has 1 heteroatoms. The average molecular weight is 206 g/mol. The zero-order valence-electron chi connectivity index (χ0n) is 10.1. The van der Waals surface area contributed by atoms with Gasteiger partial charge in [0.05, 0.1) is 0 Å². The van der Waals surface area contributed by atoms with Gasteiger partial charge in [-0.15, -0.1) is 0 Å². The molecular formula is C14H22O. The fraction of sp³-hybridized carbons (Fsp3) is 0.571. The van der Waals surface area contributed by atoms with E-state index in [0.29, 0.717) is 0 Å². The topological polar surface area (TPSA) is 20.2 Å². The van der Waals surface area contributed by atoms with Gasteiger partial charge in [-0.3, -0.25) is 0 Å². The summed E-state index contributed by atoms with van der Waals surface area (Å²) in [6.07, 6.45) is 3.06. The number of benzene rings is 1. The first-order valence-corrected chi connectivity index (χ1v) is 5.82. The summed E-state index contributed by atoms with van der Waals surface area (Å²) >= 11 is 0. The van der Waals surface area contributed by atoms with E-state index in [1.165, 1.54) is 11.1 Å². The number of hydrogen-bond donors (Lipinski definition) is 1. The first-order chi connectivity index (χ1) is 7.13. The largest absolute Gasteiger partial charge is 0.396 e. The van der Waals surface area contributed by atoms with E-state index in [9.17, 15) is 5.11 Å². The molecule has 1 N–H and O–H groups in total. The third-order valence-electron chi connectivity index (χ3n) is 3.30. The van der Waals surface area contributed by atoms with Crippen LogP contribution >= 0.6 is 0 Å². The number of aliphatic hydroxyl groups excluding tert-OH is 1. The van der Waals surface area contributed by atoms with E-state index in [4.69, 9.17) is 0 Å². The third kappa shape index (κ3) is 3.35. The fourth-order valence-corrected chi connectivity index (χ4v) is 1.68. The van der Waals surface area contributed by atoms with Gasteiger partial charge in [-0.1, -0.05) is 45.0 Å². The van der Waals surface area contributed by atoms with E-state index in [1.807, 2.05) is 0 Å². The lowest BCUT2D eigenvalue weighted by atomic mass is 9.82. The molecule has 0 saturated carbocycles. The van der Waals surface area contributed by atoms with Gasteiger partial charge >= 0.3 is 0 Å². The van der Waals surface area contributed by atoms with Crippen molar-refractivity contribution in [2.45, 2.75) is 40.0 Å². The van der Waals surface area contributed by atoms with Crippen LogP contribution in [0.15, 0.2) is 24.3 Å². The van der Waals surface area contributed by atoms with Crippen LogP contribution in [0.4, 0.5) is 0 Å². The van der Waals surface area contributed by atoms with Gasteiger partial charge in [0.15, 0.2) is 0 Å². The molecule has 1 aromatic rings. The number of aryl methyl sites for hydroxylation is 1. The van der Waals surface area contributed by atoms with Crippen molar-refractivity contribution in [1.82, 2.24) is 0 Å². The van der Waals surface area contributed by atoms with Gasteiger partial charge in [0.25, 0.3) is 0 Å². The van der Waals surface area contributed by atoms with Gasteiger partial charge in [0.2, 0.25) is 0 Å². The van der Waals surface area contributed by atoms with Crippen molar-refractivity contribution in [3.8, 4) is 0 Å². The molecule has 0 radical (unpaired) electrons. The Bertz CT molecular complexity index is 283. The molecule has 0 spiro atoms. The first-order valence-electron chi connectivity index (χ1n) is 5.82. The summed E-state index contributed by atoms with van der Waals surface area (Å²) in [6.45, 7) is 6.70. The second kappa shape index (κ2) is 5.32. The van der Waals surface area contributed by atoms with Crippen LogP contribution < -0.4 is 0 Å². The highest BCUT2D eigenvalue weighted by Crippen LogP contribution is 2.25. The van der Waals surface area contributed by atoms with Crippen molar-refractivity contribution < 1.29 is 5.11 Å². The SMILES string of the molecule is CCc1ccc(CC(C)(CC)CO)cc1. The minimum atomic E-state index is 0.0354. The molecule has 0 aliphatic rings. The smallest absolute Gasteiger partial charge is 0.0487 e. The molecule has 1 aromatic carbocycles. The molecule has 0 fully saturated rings. The zero-order chi connectivity index (χ0) is 11.3. The van der Waals surface area contributed by atoms with Gasteiger partial charge in [-0.05, 0) is 35.8 Å². The number of aliphatic hydroxyl groups is 1. The van der Waals surface area contributed by atoms with Crippen molar-refractivity contribution in [3.63, 3.8) is 0 Å². The summed E-state index contributed by atoms with van der Waals surface area (Å²) in [5.74, 6) is 0. The predicted molar refractivity (Wildman–Crippen MR) is 65.0 cm³/mol. The molecule has 0 amide bonds. The summed E-state index contributed by atoms with van der Waals surface area (Å²) in [6, 6.07) is 8.73. The van der Waals surface area contributed by atoms with Crippen LogP contribution in [0.1, 0.15) is 38.3 Å². The lowest BCUT2D eigenvalue weighted by Gasteiger charge is -2.25. The highest BCUT2D eigenvalue weighted by atomic mass is 16.3. The van der Waals surface area contributed by atoms with Crippen LogP contribution in [-0.4, -0.2) is 11.7 Å². The Kier molecular flexibility index (Phi) is 4.34. The molecule has 1 rings (SSSR count). The minimum absolute atomic E-state index is 0.0354. The van der Waals surface area contributed by atoms with Crippen LogP contribution in [0, 0.1) is 5.41 Å². The standard InChI is InChI=1S/C14H22O/c1-4-12-6-8-13(9-7-12)10-14(3,5-2)11-15/h6-9,15H,4-5,10-11H2,1-3H3. The molecular weight excluding hydrogens is 184 g/mol. The maximum Gasteiger partial charge on any atom is 0.0487 e. The molecule has 0 aliphatic heterocycles. The third-order valence-corrected chi connectivity index (χ3v) is 3.30. The lowest BCUT2D eigenvalue weighted by molar-refractivity contribution is 0.138.